The topological polar surface area (TPSA) is 84.9 Å². The molecule has 0 radical (unpaired) electrons. The van der Waals surface area contributed by atoms with Gasteiger partial charge in [0.05, 0.1) is 12.5 Å². The summed E-state index contributed by atoms with van der Waals surface area (Å²) in [4.78, 5) is 23.3. The van der Waals surface area contributed by atoms with E-state index in [1.165, 1.54) is 0 Å². The summed E-state index contributed by atoms with van der Waals surface area (Å²) in [6.45, 7) is 2.37. The number of rotatable bonds is 10. The third-order valence-electron chi connectivity index (χ3n) is 3.72. The van der Waals surface area contributed by atoms with Crippen LogP contribution >= 0.6 is 0 Å². The van der Waals surface area contributed by atoms with E-state index in [9.17, 15) is 14.7 Å². The quantitative estimate of drug-likeness (QED) is 0.682. The van der Waals surface area contributed by atoms with E-state index >= 15 is 0 Å². The standard InChI is InChI=1S/C20H23NO5/c1-2-25-18-10-8-15(9-11-18)12-16(20(23)24)13-21-19(22)14-26-17-6-4-3-5-7-17/h3-11,16H,2,12-14H2,1H3,(H,21,22)(H,23,24). The number of aliphatic carboxylic acids is 1. The molecule has 2 rings (SSSR count). The summed E-state index contributed by atoms with van der Waals surface area (Å²) in [5.41, 5.74) is 0.871. The summed E-state index contributed by atoms with van der Waals surface area (Å²) in [7, 11) is 0. The van der Waals surface area contributed by atoms with Crippen LogP contribution in [-0.2, 0) is 16.0 Å². The molecule has 1 amide bonds. The van der Waals surface area contributed by atoms with Crippen LogP contribution in [0.2, 0.25) is 0 Å². The van der Waals surface area contributed by atoms with Crippen LogP contribution in [0.3, 0.4) is 0 Å². The number of carbonyl (C=O) groups excluding carboxylic acids is 1. The third kappa shape index (κ3) is 6.47. The average molecular weight is 357 g/mol. The fourth-order valence-corrected chi connectivity index (χ4v) is 2.37. The Morgan fingerprint density at radius 1 is 1.00 bits per heavy atom. The summed E-state index contributed by atoms with van der Waals surface area (Å²) in [6.07, 6.45) is 0.321. The summed E-state index contributed by atoms with van der Waals surface area (Å²) in [5, 5.41) is 12.0. The Hall–Kier alpha value is -3.02. The van der Waals surface area contributed by atoms with Gasteiger partial charge in [-0.3, -0.25) is 9.59 Å². The Morgan fingerprint density at radius 2 is 1.65 bits per heavy atom. The van der Waals surface area contributed by atoms with Gasteiger partial charge in [0.15, 0.2) is 6.61 Å². The molecular formula is C20H23NO5. The van der Waals surface area contributed by atoms with Gasteiger partial charge in [0, 0.05) is 6.54 Å². The zero-order valence-corrected chi connectivity index (χ0v) is 14.7. The molecule has 0 fully saturated rings. The zero-order valence-electron chi connectivity index (χ0n) is 14.7. The Kier molecular flexibility index (Phi) is 7.49. The van der Waals surface area contributed by atoms with Crippen LogP contribution in [0, 0.1) is 5.92 Å². The number of carboxylic acids is 1. The van der Waals surface area contributed by atoms with Crippen molar-refractivity contribution in [2.24, 2.45) is 5.92 Å². The van der Waals surface area contributed by atoms with Crippen molar-refractivity contribution in [2.75, 3.05) is 19.8 Å². The predicted molar refractivity (Wildman–Crippen MR) is 97.4 cm³/mol. The van der Waals surface area contributed by atoms with E-state index in [-0.39, 0.29) is 19.1 Å². The van der Waals surface area contributed by atoms with Crippen LogP contribution in [0.15, 0.2) is 54.6 Å². The molecule has 0 spiro atoms. The van der Waals surface area contributed by atoms with Gasteiger partial charge in [0.25, 0.3) is 5.91 Å². The van der Waals surface area contributed by atoms with Gasteiger partial charge in [0.1, 0.15) is 11.5 Å². The van der Waals surface area contributed by atoms with Crippen molar-refractivity contribution in [1.82, 2.24) is 5.32 Å². The number of carbonyl (C=O) groups is 2. The molecule has 1 unspecified atom stereocenters. The molecule has 2 aromatic rings. The van der Waals surface area contributed by atoms with Gasteiger partial charge in [0.2, 0.25) is 0 Å². The Balaban J connectivity index is 1.81. The van der Waals surface area contributed by atoms with Crippen molar-refractivity contribution >= 4 is 11.9 Å². The number of nitrogens with one attached hydrogen (secondary N) is 1. The highest BCUT2D eigenvalue weighted by Crippen LogP contribution is 2.15. The molecule has 0 saturated carbocycles. The van der Waals surface area contributed by atoms with Crippen LogP contribution in [-0.4, -0.2) is 36.7 Å². The fraction of sp³-hybridized carbons (Fsp3) is 0.300. The highest BCUT2D eigenvalue weighted by molar-refractivity contribution is 5.78. The van der Waals surface area contributed by atoms with Gasteiger partial charge in [-0.05, 0) is 43.2 Å². The van der Waals surface area contributed by atoms with Gasteiger partial charge in [-0.2, -0.15) is 0 Å². The lowest BCUT2D eigenvalue weighted by molar-refractivity contribution is -0.141. The van der Waals surface area contributed by atoms with E-state index in [1.807, 2.05) is 49.4 Å². The lowest BCUT2D eigenvalue weighted by Crippen LogP contribution is -2.36. The summed E-state index contributed by atoms with van der Waals surface area (Å²) in [5.74, 6) is -0.690. The summed E-state index contributed by atoms with van der Waals surface area (Å²) >= 11 is 0. The molecule has 0 aromatic heterocycles. The van der Waals surface area contributed by atoms with E-state index in [0.29, 0.717) is 18.8 Å². The smallest absolute Gasteiger partial charge is 0.308 e. The Bertz CT molecular complexity index is 700. The molecule has 6 heteroatoms. The fourth-order valence-electron chi connectivity index (χ4n) is 2.37. The highest BCUT2D eigenvalue weighted by Gasteiger charge is 2.19. The average Bonchev–Trinajstić information content (AvgIpc) is 2.65. The first-order valence-corrected chi connectivity index (χ1v) is 8.47. The van der Waals surface area contributed by atoms with Gasteiger partial charge in [-0.1, -0.05) is 30.3 Å². The van der Waals surface area contributed by atoms with Crippen molar-refractivity contribution in [1.29, 1.82) is 0 Å². The van der Waals surface area contributed by atoms with Crippen molar-refractivity contribution in [3.05, 3.63) is 60.2 Å². The maximum atomic E-state index is 11.9. The first kappa shape index (κ1) is 19.3. The van der Waals surface area contributed by atoms with E-state index in [4.69, 9.17) is 9.47 Å². The molecule has 2 aromatic carbocycles. The minimum atomic E-state index is -0.955. The molecule has 0 aliphatic heterocycles. The molecule has 0 aliphatic rings. The van der Waals surface area contributed by atoms with Crippen LogP contribution in [0.1, 0.15) is 12.5 Å². The maximum absolute atomic E-state index is 11.9. The Labute approximate surface area is 152 Å². The van der Waals surface area contributed by atoms with Gasteiger partial charge in [-0.15, -0.1) is 0 Å². The minimum Gasteiger partial charge on any atom is -0.494 e. The van der Waals surface area contributed by atoms with Crippen molar-refractivity contribution in [2.45, 2.75) is 13.3 Å². The second-order valence-electron chi connectivity index (χ2n) is 5.72. The number of para-hydroxylation sites is 1. The number of amides is 1. The van der Waals surface area contributed by atoms with Crippen LogP contribution in [0.25, 0.3) is 0 Å². The van der Waals surface area contributed by atoms with Crippen LogP contribution in [0.4, 0.5) is 0 Å². The van der Waals surface area contributed by atoms with Gasteiger partial charge < -0.3 is 19.9 Å². The SMILES string of the molecule is CCOc1ccc(CC(CNC(=O)COc2ccccc2)C(=O)O)cc1. The largest absolute Gasteiger partial charge is 0.494 e. The molecular weight excluding hydrogens is 334 g/mol. The first-order valence-electron chi connectivity index (χ1n) is 8.47. The van der Waals surface area contributed by atoms with E-state index in [0.717, 1.165) is 11.3 Å². The minimum absolute atomic E-state index is 0.0412. The predicted octanol–water partition coefficient (Wildman–Crippen LogP) is 2.52. The molecule has 138 valence electrons. The van der Waals surface area contributed by atoms with E-state index in [2.05, 4.69) is 5.32 Å². The van der Waals surface area contributed by atoms with Crippen molar-refractivity contribution in [3.63, 3.8) is 0 Å². The molecule has 0 aliphatic carbocycles. The van der Waals surface area contributed by atoms with Crippen molar-refractivity contribution in [3.8, 4) is 11.5 Å². The van der Waals surface area contributed by atoms with Crippen LogP contribution < -0.4 is 14.8 Å². The number of benzene rings is 2. The highest BCUT2D eigenvalue weighted by atomic mass is 16.5. The van der Waals surface area contributed by atoms with E-state index < -0.39 is 11.9 Å². The molecule has 2 N–H and O–H groups in total. The number of ether oxygens (including phenoxy) is 2. The number of hydrogen-bond donors (Lipinski definition) is 2. The molecule has 0 saturated heterocycles. The second kappa shape index (κ2) is 10.1. The summed E-state index contributed by atoms with van der Waals surface area (Å²) < 4.78 is 10.7. The molecule has 26 heavy (non-hydrogen) atoms. The van der Waals surface area contributed by atoms with Gasteiger partial charge in [-0.25, -0.2) is 0 Å². The molecule has 6 nitrogen and oxygen atoms in total. The molecule has 0 heterocycles. The monoisotopic (exact) mass is 357 g/mol. The van der Waals surface area contributed by atoms with Crippen molar-refractivity contribution < 1.29 is 24.2 Å². The van der Waals surface area contributed by atoms with Gasteiger partial charge >= 0.3 is 5.97 Å². The normalized spacial score (nSPS) is 11.4. The first-order chi connectivity index (χ1) is 12.6. The third-order valence-corrected chi connectivity index (χ3v) is 3.72. The zero-order chi connectivity index (χ0) is 18.8. The molecule has 1 atom stereocenters. The second-order valence-corrected chi connectivity index (χ2v) is 5.72. The number of hydrogen-bond acceptors (Lipinski definition) is 4. The van der Waals surface area contributed by atoms with E-state index in [1.54, 1.807) is 12.1 Å². The lowest BCUT2D eigenvalue weighted by Gasteiger charge is -2.14. The lowest BCUT2D eigenvalue weighted by atomic mass is 9.99. The summed E-state index contributed by atoms with van der Waals surface area (Å²) in [6, 6.07) is 16.3. The number of carboxylic acid groups (broad SMARTS) is 1. The Morgan fingerprint density at radius 3 is 2.27 bits per heavy atom. The molecule has 0 bridgehead atoms. The van der Waals surface area contributed by atoms with Crippen LogP contribution in [0.5, 0.6) is 11.5 Å². The maximum Gasteiger partial charge on any atom is 0.308 e.